The van der Waals surface area contributed by atoms with Crippen LogP contribution < -0.4 is 0 Å². The first kappa shape index (κ1) is 24.4. The number of hydrogen-bond acceptors (Lipinski definition) is 4. The molecule has 7 atom stereocenters. The zero-order valence-electron chi connectivity index (χ0n) is 20.9. The Morgan fingerprint density at radius 2 is 1.88 bits per heavy atom. The van der Waals surface area contributed by atoms with E-state index in [0.29, 0.717) is 35.6 Å². The van der Waals surface area contributed by atoms with E-state index in [2.05, 4.69) is 44.7 Å². The number of fused-ring (bicyclic) bond motifs is 1. The van der Waals surface area contributed by atoms with Gasteiger partial charge in [0.2, 0.25) is 0 Å². The van der Waals surface area contributed by atoms with Crippen LogP contribution in [0.2, 0.25) is 0 Å². The van der Waals surface area contributed by atoms with Crippen LogP contribution in [-0.4, -0.2) is 59.7 Å². The van der Waals surface area contributed by atoms with Crippen LogP contribution in [-0.2, 0) is 4.74 Å². The third-order valence-electron chi connectivity index (χ3n) is 9.37. The van der Waals surface area contributed by atoms with E-state index in [-0.39, 0.29) is 12.2 Å². The molecule has 4 aliphatic rings. The number of allylic oxidation sites excluding steroid dienone is 3. The maximum absolute atomic E-state index is 10.0. The van der Waals surface area contributed by atoms with E-state index in [1.54, 1.807) is 5.57 Å². The van der Waals surface area contributed by atoms with Gasteiger partial charge in [0.1, 0.15) is 0 Å². The van der Waals surface area contributed by atoms with Gasteiger partial charge in [0.15, 0.2) is 0 Å². The average molecular weight is 446 g/mol. The van der Waals surface area contributed by atoms with E-state index < -0.39 is 0 Å². The van der Waals surface area contributed by atoms with Crippen LogP contribution in [0.4, 0.5) is 0 Å². The van der Waals surface area contributed by atoms with Crippen LogP contribution in [0.3, 0.4) is 0 Å². The standard InChI is InChI=1S/C28H47NO3/c1-19(2)27-18-32-13-12-29(27)17-20(3)25-9-10-26-22(6-5-11-28(25,26)4)8-7-21-14-23(30)16-24(31)15-21/h7-8,19-20,23-27,30-31H,5-6,9-18H2,1-4H3/t20?,23-,24-,25-,26+,27?,28-/m1/s1. The van der Waals surface area contributed by atoms with Crippen molar-refractivity contribution in [3.63, 3.8) is 0 Å². The minimum atomic E-state index is -0.383. The molecule has 0 amide bonds. The van der Waals surface area contributed by atoms with E-state index in [9.17, 15) is 10.2 Å². The second-order valence-electron chi connectivity index (χ2n) is 12.0. The molecule has 1 aliphatic heterocycles. The van der Waals surface area contributed by atoms with Crippen molar-refractivity contribution in [2.75, 3.05) is 26.3 Å². The first-order chi connectivity index (χ1) is 15.3. The Kier molecular flexibility index (Phi) is 7.86. The Morgan fingerprint density at radius 1 is 1.12 bits per heavy atom. The summed E-state index contributed by atoms with van der Waals surface area (Å²) in [5.41, 5.74) is 3.25. The summed E-state index contributed by atoms with van der Waals surface area (Å²) >= 11 is 0. The van der Waals surface area contributed by atoms with Gasteiger partial charge in [0, 0.05) is 19.1 Å². The molecule has 1 heterocycles. The molecule has 0 aromatic rings. The van der Waals surface area contributed by atoms with Crippen molar-refractivity contribution in [3.05, 3.63) is 23.3 Å². The highest BCUT2D eigenvalue weighted by atomic mass is 16.5. The second kappa shape index (κ2) is 10.3. The number of ether oxygens (including phenoxy) is 1. The van der Waals surface area contributed by atoms with Crippen LogP contribution in [0.1, 0.15) is 79.1 Å². The first-order valence-electron chi connectivity index (χ1n) is 13.3. The van der Waals surface area contributed by atoms with Gasteiger partial charge in [0.05, 0.1) is 25.4 Å². The molecule has 1 saturated heterocycles. The van der Waals surface area contributed by atoms with Crippen LogP contribution >= 0.6 is 0 Å². The van der Waals surface area contributed by atoms with Crippen molar-refractivity contribution in [2.24, 2.45) is 29.1 Å². The number of aliphatic hydroxyl groups excluding tert-OH is 2. The highest BCUT2D eigenvalue weighted by Gasteiger charge is 2.51. The van der Waals surface area contributed by atoms with Crippen molar-refractivity contribution in [1.29, 1.82) is 0 Å². The molecule has 32 heavy (non-hydrogen) atoms. The van der Waals surface area contributed by atoms with Crippen LogP contribution in [0.5, 0.6) is 0 Å². The first-order valence-corrected chi connectivity index (χ1v) is 13.3. The van der Waals surface area contributed by atoms with Gasteiger partial charge < -0.3 is 14.9 Å². The third-order valence-corrected chi connectivity index (χ3v) is 9.37. The van der Waals surface area contributed by atoms with Gasteiger partial charge in [-0.15, -0.1) is 0 Å². The molecule has 2 unspecified atom stereocenters. The molecular weight excluding hydrogens is 398 g/mol. The summed E-state index contributed by atoms with van der Waals surface area (Å²) in [6.07, 6.45) is 12.4. The lowest BCUT2D eigenvalue weighted by molar-refractivity contribution is -0.0389. The molecular formula is C28H47NO3. The minimum Gasteiger partial charge on any atom is -0.393 e. The topological polar surface area (TPSA) is 52.9 Å². The largest absolute Gasteiger partial charge is 0.393 e. The maximum atomic E-state index is 10.0. The quantitative estimate of drug-likeness (QED) is 0.628. The van der Waals surface area contributed by atoms with Gasteiger partial charge >= 0.3 is 0 Å². The normalized spacial score (nSPS) is 41.2. The van der Waals surface area contributed by atoms with Gasteiger partial charge in [-0.3, -0.25) is 4.90 Å². The van der Waals surface area contributed by atoms with Gasteiger partial charge in [-0.05, 0) is 80.5 Å². The summed E-state index contributed by atoms with van der Waals surface area (Å²) in [6, 6.07) is 0.561. The fourth-order valence-electron chi connectivity index (χ4n) is 7.74. The van der Waals surface area contributed by atoms with Crippen LogP contribution in [0.15, 0.2) is 23.3 Å². The summed E-state index contributed by atoms with van der Waals surface area (Å²) in [5.74, 6) is 2.84. The van der Waals surface area contributed by atoms with E-state index in [0.717, 1.165) is 38.5 Å². The highest BCUT2D eigenvalue weighted by molar-refractivity contribution is 5.26. The summed E-state index contributed by atoms with van der Waals surface area (Å²) in [4.78, 5) is 2.72. The number of morpholine rings is 1. The Morgan fingerprint density at radius 3 is 2.59 bits per heavy atom. The monoisotopic (exact) mass is 445 g/mol. The predicted molar refractivity (Wildman–Crippen MR) is 130 cm³/mol. The van der Waals surface area contributed by atoms with Crippen molar-refractivity contribution >= 4 is 0 Å². The van der Waals surface area contributed by atoms with Gasteiger partial charge in [0.25, 0.3) is 0 Å². The molecule has 4 rings (SSSR count). The molecule has 3 saturated carbocycles. The molecule has 4 fully saturated rings. The van der Waals surface area contributed by atoms with Gasteiger partial charge in [-0.25, -0.2) is 0 Å². The number of hydrogen-bond donors (Lipinski definition) is 2. The lowest BCUT2D eigenvalue weighted by Crippen LogP contribution is -2.51. The van der Waals surface area contributed by atoms with E-state index >= 15 is 0 Å². The lowest BCUT2D eigenvalue weighted by atomic mass is 9.61. The molecule has 182 valence electrons. The third kappa shape index (κ3) is 5.19. The van der Waals surface area contributed by atoms with Crippen molar-refractivity contribution < 1.29 is 14.9 Å². The SMILES string of the molecule is CC(C)C1COCCN1CC(C)[C@H]1CC[C@H]2C(=CC=C3C[C@@H](O)C[C@H](O)C3)CCC[C@]12C. The molecule has 2 N–H and O–H groups in total. The van der Waals surface area contributed by atoms with Gasteiger partial charge in [-0.1, -0.05) is 51.0 Å². The molecule has 3 aliphatic carbocycles. The Balaban J connectivity index is 1.45. The minimum absolute atomic E-state index is 0.383. The van der Waals surface area contributed by atoms with E-state index in [1.807, 2.05) is 0 Å². The fraction of sp³-hybridized carbons (Fsp3) is 0.857. The zero-order valence-corrected chi connectivity index (χ0v) is 20.9. The van der Waals surface area contributed by atoms with E-state index in [1.165, 1.54) is 44.2 Å². The van der Waals surface area contributed by atoms with Crippen molar-refractivity contribution in [3.8, 4) is 0 Å². The Bertz CT molecular complexity index is 689. The number of nitrogens with zero attached hydrogens (tertiary/aromatic N) is 1. The predicted octanol–water partition coefficient (Wildman–Crippen LogP) is 4.95. The summed E-state index contributed by atoms with van der Waals surface area (Å²) < 4.78 is 5.80. The maximum Gasteiger partial charge on any atom is 0.0624 e. The second-order valence-corrected chi connectivity index (χ2v) is 12.0. The molecule has 4 nitrogen and oxygen atoms in total. The number of rotatable bonds is 5. The van der Waals surface area contributed by atoms with Crippen molar-refractivity contribution in [2.45, 2.75) is 97.3 Å². The molecule has 4 heteroatoms. The van der Waals surface area contributed by atoms with Crippen molar-refractivity contribution in [1.82, 2.24) is 4.90 Å². The summed E-state index contributed by atoms with van der Waals surface area (Å²) in [7, 11) is 0. The summed E-state index contributed by atoms with van der Waals surface area (Å²) in [6.45, 7) is 13.8. The zero-order chi connectivity index (χ0) is 22.9. The fourth-order valence-corrected chi connectivity index (χ4v) is 7.74. The molecule has 0 aromatic carbocycles. The van der Waals surface area contributed by atoms with Crippen LogP contribution in [0.25, 0.3) is 0 Å². The van der Waals surface area contributed by atoms with E-state index in [4.69, 9.17) is 4.74 Å². The van der Waals surface area contributed by atoms with Gasteiger partial charge in [-0.2, -0.15) is 0 Å². The lowest BCUT2D eigenvalue weighted by Gasteiger charge is -2.46. The molecule has 0 spiro atoms. The Hall–Kier alpha value is -0.680. The molecule has 0 radical (unpaired) electrons. The Labute approximate surface area is 196 Å². The highest BCUT2D eigenvalue weighted by Crippen LogP contribution is 2.59. The molecule has 0 aromatic heterocycles. The molecule has 0 bridgehead atoms. The van der Waals surface area contributed by atoms with Crippen LogP contribution in [0, 0.1) is 29.1 Å². The smallest absolute Gasteiger partial charge is 0.0624 e. The number of aliphatic hydroxyl groups is 2. The average Bonchev–Trinajstić information content (AvgIpc) is 3.09. The summed E-state index contributed by atoms with van der Waals surface area (Å²) in [5, 5.41) is 20.1.